The molecule has 2 aromatic rings. The lowest BCUT2D eigenvalue weighted by atomic mass is 10.2. The Morgan fingerprint density at radius 2 is 2.00 bits per heavy atom. The Hall–Kier alpha value is -2.51. The normalized spacial score (nSPS) is 10.5. The van der Waals surface area contributed by atoms with Crippen LogP contribution < -0.4 is 20.3 Å². The highest BCUT2D eigenvalue weighted by atomic mass is 35.5. The standard InChI is InChI=1S/C16H15ClN2O4S/c1-22-12-9-10(8-11(17)15(12)23-2)5-6-14(20)18-19-16(21)13-4-3-7-24-13/h3-9H,1-2H3,(H,18,20)(H,19,21)/b6-5+. The molecule has 0 radical (unpaired) electrons. The van der Waals surface area contributed by atoms with E-state index in [-0.39, 0.29) is 5.91 Å². The monoisotopic (exact) mass is 366 g/mol. The average molecular weight is 367 g/mol. The first-order valence-corrected chi connectivity index (χ1v) is 8.04. The van der Waals surface area contributed by atoms with Gasteiger partial charge in [0.1, 0.15) is 0 Å². The summed E-state index contributed by atoms with van der Waals surface area (Å²) < 4.78 is 10.3. The minimum atomic E-state index is -0.481. The number of carbonyl (C=O) groups is 2. The number of amides is 2. The molecule has 0 unspecified atom stereocenters. The Morgan fingerprint density at radius 1 is 1.21 bits per heavy atom. The molecule has 2 rings (SSSR count). The van der Waals surface area contributed by atoms with E-state index in [0.717, 1.165) is 0 Å². The van der Waals surface area contributed by atoms with Crippen LogP contribution in [0.1, 0.15) is 15.2 Å². The summed E-state index contributed by atoms with van der Waals surface area (Å²) in [6, 6.07) is 6.73. The van der Waals surface area contributed by atoms with Crippen molar-refractivity contribution in [3.05, 3.63) is 51.2 Å². The molecule has 1 heterocycles. The van der Waals surface area contributed by atoms with Crippen LogP contribution in [0.5, 0.6) is 11.5 Å². The third-order valence-corrected chi connectivity index (χ3v) is 4.08. The number of hydrazine groups is 1. The number of ether oxygens (including phenoxy) is 2. The molecule has 0 aliphatic rings. The van der Waals surface area contributed by atoms with Gasteiger partial charge in [0, 0.05) is 6.08 Å². The van der Waals surface area contributed by atoms with Crippen molar-refractivity contribution in [2.24, 2.45) is 0 Å². The first-order chi connectivity index (χ1) is 11.5. The zero-order valence-corrected chi connectivity index (χ0v) is 14.5. The molecular formula is C16H15ClN2O4S. The highest BCUT2D eigenvalue weighted by molar-refractivity contribution is 7.12. The van der Waals surface area contributed by atoms with Gasteiger partial charge in [0.25, 0.3) is 11.8 Å². The summed E-state index contributed by atoms with van der Waals surface area (Å²) in [5.41, 5.74) is 5.27. The predicted octanol–water partition coefficient (Wildman–Crippen LogP) is 2.89. The van der Waals surface area contributed by atoms with Crippen LogP contribution in [0, 0.1) is 0 Å². The van der Waals surface area contributed by atoms with Crippen molar-refractivity contribution in [3.8, 4) is 11.5 Å². The van der Waals surface area contributed by atoms with E-state index in [9.17, 15) is 9.59 Å². The van der Waals surface area contributed by atoms with Crippen molar-refractivity contribution in [2.45, 2.75) is 0 Å². The molecule has 0 atom stereocenters. The second-order valence-corrected chi connectivity index (χ2v) is 5.85. The molecule has 1 aromatic carbocycles. The largest absolute Gasteiger partial charge is 0.493 e. The van der Waals surface area contributed by atoms with Crippen molar-refractivity contribution in [2.75, 3.05) is 14.2 Å². The number of thiophene rings is 1. The summed E-state index contributed by atoms with van der Waals surface area (Å²) in [5.74, 6) is 0.0201. The Bertz CT molecular complexity index is 760. The van der Waals surface area contributed by atoms with Crippen LogP contribution in [-0.4, -0.2) is 26.0 Å². The van der Waals surface area contributed by atoms with Gasteiger partial charge in [-0.3, -0.25) is 20.4 Å². The molecule has 6 nitrogen and oxygen atoms in total. The van der Waals surface area contributed by atoms with Gasteiger partial charge in [0.05, 0.1) is 24.1 Å². The van der Waals surface area contributed by atoms with E-state index >= 15 is 0 Å². The van der Waals surface area contributed by atoms with Gasteiger partial charge < -0.3 is 9.47 Å². The first-order valence-electron chi connectivity index (χ1n) is 6.78. The van der Waals surface area contributed by atoms with Gasteiger partial charge >= 0.3 is 0 Å². The summed E-state index contributed by atoms with van der Waals surface area (Å²) in [6.45, 7) is 0. The lowest BCUT2D eigenvalue weighted by Crippen LogP contribution is -2.40. The molecule has 0 aliphatic carbocycles. The second kappa shape index (κ2) is 8.37. The second-order valence-electron chi connectivity index (χ2n) is 4.49. The molecule has 0 fully saturated rings. The van der Waals surface area contributed by atoms with Crippen molar-refractivity contribution in [1.29, 1.82) is 0 Å². The number of benzene rings is 1. The van der Waals surface area contributed by atoms with Crippen LogP contribution in [0.2, 0.25) is 5.02 Å². The number of hydrogen-bond donors (Lipinski definition) is 2. The van der Waals surface area contributed by atoms with Gasteiger partial charge in [-0.1, -0.05) is 17.7 Å². The van der Waals surface area contributed by atoms with Crippen LogP contribution >= 0.6 is 22.9 Å². The molecule has 0 bridgehead atoms. The summed E-state index contributed by atoms with van der Waals surface area (Å²) in [5, 5.41) is 2.14. The van der Waals surface area contributed by atoms with Crippen molar-refractivity contribution in [3.63, 3.8) is 0 Å². The summed E-state index contributed by atoms with van der Waals surface area (Å²) in [4.78, 5) is 24.0. The summed E-state index contributed by atoms with van der Waals surface area (Å²) in [6.07, 6.45) is 2.81. The maximum Gasteiger partial charge on any atom is 0.279 e. The van der Waals surface area contributed by atoms with Gasteiger partial charge in [-0.05, 0) is 35.2 Å². The molecule has 1 aromatic heterocycles. The van der Waals surface area contributed by atoms with Crippen molar-refractivity contribution in [1.82, 2.24) is 10.9 Å². The van der Waals surface area contributed by atoms with Crippen LogP contribution in [0.4, 0.5) is 0 Å². The number of nitrogens with one attached hydrogen (secondary N) is 2. The highest BCUT2D eigenvalue weighted by Crippen LogP contribution is 2.36. The molecule has 126 valence electrons. The number of methoxy groups -OCH3 is 2. The zero-order chi connectivity index (χ0) is 17.5. The Balaban J connectivity index is 1.98. The number of rotatable bonds is 5. The van der Waals surface area contributed by atoms with E-state index in [0.29, 0.717) is 27.0 Å². The molecular weight excluding hydrogens is 352 g/mol. The van der Waals surface area contributed by atoms with Gasteiger partial charge in [0.15, 0.2) is 11.5 Å². The van der Waals surface area contributed by atoms with Gasteiger partial charge in [-0.2, -0.15) is 0 Å². The quantitative estimate of drug-likeness (QED) is 0.630. The highest BCUT2D eigenvalue weighted by Gasteiger charge is 2.10. The van der Waals surface area contributed by atoms with E-state index in [1.165, 1.54) is 31.6 Å². The lowest BCUT2D eigenvalue weighted by Gasteiger charge is -2.10. The molecule has 0 aliphatic heterocycles. The molecule has 8 heteroatoms. The van der Waals surface area contributed by atoms with Gasteiger partial charge in [0.2, 0.25) is 0 Å². The van der Waals surface area contributed by atoms with E-state index in [2.05, 4.69) is 10.9 Å². The van der Waals surface area contributed by atoms with E-state index in [1.807, 2.05) is 0 Å². The third-order valence-electron chi connectivity index (χ3n) is 2.93. The lowest BCUT2D eigenvalue weighted by molar-refractivity contribution is -0.117. The third kappa shape index (κ3) is 4.50. The van der Waals surface area contributed by atoms with Crippen molar-refractivity contribution < 1.29 is 19.1 Å². The Morgan fingerprint density at radius 3 is 2.62 bits per heavy atom. The van der Waals surface area contributed by atoms with Crippen LogP contribution in [0.3, 0.4) is 0 Å². The van der Waals surface area contributed by atoms with E-state index in [1.54, 1.807) is 35.7 Å². The summed E-state index contributed by atoms with van der Waals surface area (Å²) >= 11 is 7.37. The minimum Gasteiger partial charge on any atom is -0.493 e. The molecule has 0 spiro atoms. The van der Waals surface area contributed by atoms with E-state index < -0.39 is 5.91 Å². The summed E-state index contributed by atoms with van der Waals surface area (Å²) in [7, 11) is 2.98. The Labute approximate surface area is 148 Å². The van der Waals surface area contributed by atoms with Gasteiger partial charge in [-0.25, -0.2) is 0 Å². The average Bonchev–Trinajstić information content (AvgIpc) is 3.11. The molecule has 2 N–H and O–H groups in total. The van der Waals surface area contributed by atoms with Gasteiger partial charge in [-0.15, -0.1) is 11.3 Å². The maximum atomic E-state index is 11.8. The fourth-order valence-electron chi connectivity index (χ4n) is 1.84. The van der Waals surface area contributed by atoms with E-state index in [4.69, 9.17) is 21.1 Å². The predicted molar refractivity (Wildman–Crippen MR) is 93.5 cm³/mol. The smallest absolute Gasteiger partial charge is 0.279 e. The Kier molecular flexibility index (Phi) is 6.22. The zero-order valence-electron chi connectivity index (χ0n) is 13.0. The molecule has 0 saturated carbocycles. The topological polar surface area (TPSA) is 76.7 Å². The molecule has 2 amide bonds. The minimum absolute atomic E-state index is 0.364. The maximum absolute atomic E-state index is 11.8. The number of hydrogen-bond acceptors (Lipinski definition) is 5. The van der Waals surface area contributed by atoms with Crippen LogP contribution in [0.15, 0.2) is 35.7 Å². The van der Waals surface area contributed by atoms with Crippen LogP contribution in [0.25, 0.3) is 6.08 Å². The van der Waals surface area contributed by atoms with Crippen molar-refractivity contribution >= 4 is 40.8 Å². The molecule has 24 heavy (non-hydrogen) atoms. The fraction of sp³-hybridized carbons (Fsp3) is 0.125. The molecule has 0 saturated heterocycles. The first kappa shape index (κ1) is 17.8. The number of halogens is 1. The fourth-order valence-corrected chi connectivity index (χ4v) is 2.75. The van der Waals surface area contributed by atoms with Crippen LogP contribution in [-0.2, 0) is 4.79 Å². The number of carbonyl (C=O) groups excluding carboxylic acids is 2. The SMILES string of the molecule is COc1cc(/C=C/C(=O)NNC(=O)c2cccs2)cc(Cl)c1OC.